The molecule has 0 atom stereocenters. The first kappa shape index (κ1) is 28.9. The van der Waals surface area contributed by atoms with E-state index in [-0.39, 0.29) is 25.9 Å². The Bertz CT molecular complexity index is 1480. The molecule has 3 amide bonds. The molecule has 0 saturated heterocycles. The predicted molar refractivity (Wildman–Crippen MR) is 154 cm³/mol. The molecule has 13 heteroatoms. The number of hydrogen-bond donors (Lipinski definition) is 3. The monoisotopic (exact) mass is 674 g/mol. The summed E-state index contributed by atoms with van der Waals surface area (Å²) in [5.74, 6) is -0.283. The topological polar surface area (TPSA) is 137 Å². The van der Waals surface area contributed by atoms with Crippen LogP contribution >= 0.6 is 31.9 Å². The van der Waals surface area contributed by atoms with Gasteiger partial charge in [-0.25, -0.2) is 5.43 Å². The van der Waals surface area contributed by atoms with E-state index in [0.717, 1.165) is 15.6 Å². The van der Waals surface area contributed by atoms with Crippen LogP contribution in [-0.4, -0.2) is 44.4 Å². The lowest BCUT2D eigenvalue weighted by Gasteiger charge is -2.14. The van der Waals surface area contributed by atoms with Crippen LogP contribution in [0, 0.1) is 6.92 Å². The smallest absolute Gasteiger partial charge is 0.329 e. The number of fused-ring (bicyclic) bond motifs is 1. The molecule has 3 aromatic carbocycles. The van der Waals surface area contributed by atoms with E-state index in [1.807, 2.05) is 19.1 Å². The summed E-state index contributed by atoms with van der Waals surface area (Å²) in [6, 6.07) is 14.0. The SMILES string of the molecule is COc1cc(/C=N\NC(=O)C(=O)NCc2ccc3c(c2)OCO3)cc(Br)c1OCC(=O)Nc1ccc(Br)c(C)c1. The average Bonchev–Trinajstić information content (AvgIpc) is 3.41. The highest BCUT2D eigenvalue weighted by molar-refractivity contribution is 9.10. The minimum absolute atomic E-state index is 0.124. The average molecular weight is 676 g/mol. The number of carbonyl (C=O) groups excluding carboxylic acids is 3. The summed E-state index contributed by atoms with van der Waals surface area (Å²) in [4.78, 5) is 36.6. The molecular weight excluding hydrogens is 652 g/mol. The maximum Gasteiger partial charge on any atom is 0.329 e. The largest absolute Gasteiger partial charge is 0.493 e. The Kier molecular flexibility index (Phi) is 9.61. The molecule has 0 aromatic heterocycles. The van der Waals surface area contributed by atoms with E-state index in [2.05, 4.69) is 53.0 Å². The van der Waals surface area contributed by atoms with Crippen molar-refractivity contribution in [2.75, 3.05) is 25.8 Å². The molecule has 0 saturated carbocycles. The lowest BCUT2D eigenvalue weighted by Crippen LogP contribution is -2.37. The molecule has 1 aliphatic heterocycles. The van der Waals surface area contributed by atoms with Crippen LogP contribution in [-0.2, 0) is 20.9 Å². The Morgan fingerprint density at radius 3 is 2.58 bits per heavy atom. The van der Waals surface area contributed by atoms with Gasteiger partial charge in [-0.05, 0) is 82.0 Å². The summed E-state index contributed by atoms with van der Waals surface area (Å²) in [6.07, 6.45) is 1.34. The molecule has 11 nitrogen and oxygen atoms in total. The summed E-state index contributed by atoms with van der Waals surface area (Å²) >= 11 is 6.83. The summed E-state index contributed by atoms with van der Waals surface area (Å²) in [5.41, 5.74) is 5.09. The molecule has 1 heterocycles. The van der Waals surface area contributed by atoms with Crippen LogP contribution in [0.4, 0.5) is 5.69 Å². The molecule has 40 heavy (non-hydrogen) atoms. The van der Waals surface area contributed by atoms with E-state index in [1.54, 1.807) is 36.4 Å². The Hall–Kier alpha value is -4.10. The molecule has 208 valence electrons. The van der Waals surface area contributed by atoms with Crippen molar-refractivity contribution in [3.8, 4) is 23.0 Å². The van der Waals surface area contributed by atoms with Crippen molar-refractivity contribution in [1.29, 1.82) is 0 Å². The summed E-state index contributed by atoms with van der Waals surface area (Å²) in [6.45, 7) is 1.94. The number of ether oxygens (including phenoxy) is 4. The van der Waals surface area contributed by atoms with Crippen molar-refractivity contribution in [1.82, 2.24) is 10.7 Å². The van der Waals surface area contributed by atoms with E-state index < -0.39 is 11.8 Å². The van der Waals surface area contributed by atoms with Gasteiger partial charge in [0.1, 0.15) is 0 Å². The van der Waals surface area contributed by atoms with Crippen LogP contribution < -0.4 is 35.0 Å². The lowest BCUT2D eigenvalue weighted by atomic mass is 10.2. The van der Waals surface area contributed by atoms with Gasteiger partial charge in [-0.15, -0.1) is 0 Å². The predicted octanol–water partition coefficient (Wildman–Crippen LogP) is 4.04. The highest BCUT2D eigenvalue weighted by Gasteiger charge is 2.16. The number of anilines is 1. The molecule has 0 fully saturated rings. The second-order valence-electron chi connectivity index (χ2n) is 8.40. The number of carbonyl (C=O) groups is 3. The Labute approximate surface area is 246 Å². The molecule has 0 unspecified atom stereocenters. The summed E-state index contributed by atoms with van der Waals surface area (Å²) in [7, 11) is 1.45. The molecule has 0 spiro atoms. The number of benzene rings is 3. The number of methoxy groups -OCH3 is 1. The molecule has 1 aliphatic rings. The standard InChI is InChI=1S/C27H24Br2N4O7/c1-15-7-18(4-5-19(15)28)32-24(34)13-38-25-20(29)8-17(10-23(25)37-2)12-31-33-27(36)26(35)30-11-16-3-6-21-22(9-16)40-14-39-21/h3-10,12H,11,13-14H2,1-2H3,(H,30,35)(H,32,34)(H,33,36)/b31-12-. The van der Waals surface area contributed by atoms with E-state index in [1.165, 1.54) is 13.3 Å². The second kappa shape index (κ2) is 13.3. The fourth-order valence-electron chi connectivity index (χ4n) is 3.54. The van der Waals surface area contributed by atoms with Gasteiger partial charge >= 0.3 is 11.8 Å². The van der Waals surface area contributed by atoms with E-state index in [9.17, 15) is 14.4 Å². The zero-order chi connectivity index (χ0) is 28.6. The van der Waals surface area contributed by atoms with Gasteiger partial charge in [0.05, 0.1) is 17.8 Å². The van der Waals surface area contributed by atoms with Crippen molar-refractivity contribution in [3.05, 3.63) is 74.2 Å². The first-order valence-corrected chi connectivity index (χ1v) is 13.4. The molecule has 0 aliphatic carbocycles. The summed E-state index contributed by atoms with van der Waals surface area (Å²) in [5, 5.41) is 9.13. The van der Waals surface area contributed by atoms with Gasteiger partial charge in [-0.2, -0.15) is 5.10 Å². The van der Waals surface area contributed by atoms with Gasteiger partial charge in [0.2, 0.25) is 6.79 Å². The highest BCUT2D eigenvalue weighted by Crippen LogP contribution is 2.36. The van der Waals surface area contributed by atoms with Crippen molar-refractivity contribution >= 4 is 61.5 Å². The van der Waals surface area contributed by atoms with E-state index in [4.69, 9.17) is 18.9 Å². The Morgan fingerprint density at radius 1 is 1.00 bits per heavy atom. The van der Waals surface area contributed by atoms with Gasteiger partial charge < -0.3 is 29.6 Å². The number of hydrazone groups is 1. The first-order chi connectivity index (χ1) is 19.2. The molecule has 3 N–H and O–H groups in total. The van der Waals surface area contributed by atoms with Crippen molar-refractivity contribution in [3.63, 3.8) is 0 Å². The number of rotatable bonds is 9. The minimum atomic E-state index is -0.935. The quantitative estimate of drug-likeness (QED) is 0.177. The maximum atomic E-state index is 12.4. The molecule has 3 aromatic rings. The van der Waals surface area contributed by atoms with Crippen molar-refractivity contribution in [2.45, 2.75) is 13.5 Å². The van der Waals surface area contributed by atoms with Crippen LogP contribution in [0.5, 0.6) is 23.0 Å². The maximum absolute atomic E-state index is 12.4. The Balaban J connectivity index is 1.28. The Morgan fingerprint density at radius 2 is 1.80 bits per heavy atom. The second-order valence-corrected chi connectivity index (χ2v) is 10.1. The number of halogens is 2. The third kappa shape index (κ3) is 7.51. The minimum Gasteiger partial charge on any atom is -0.493 e. The van der Waals surface area contributed by atoms with Crippen LogP contribution in [0.1, 0.15) is 16.7 Å². The van der Waals surface area contributed by atoms with Crippen molar-refractivity contribution in [2.24, 2.45) is 5.10 Å². The number of hydrogen-bond acceptors (Lipinski definition) is 8. The van der Waals surface area contributed by atoms with Gasteiger partial charge in [-0.3, -0.25) is 14.4 Å². The lowest BCUT2D eigenvalue weighted by molar-refractivity contribution is -0.139. The van der Waals surface area contributed by atoms with Crippen LogP contribution in [0.15, 0.2) is 62.6 Å². The number of aryl methyl sites for hydroxylation is 1. The fraction of sp³-hybridized carbons (Fsp3) is 0.185. The van der Waals surface area contributed by atoms with Gasteiger partial charge in [0.25, 0.3) is 5.91 Å². The normalized spacial score (nSPS) is 11.7. The molecular formula is C27H24Br2N4O7. The highest BCUT2D eigenvalue weighted by atomic mass is 79.9. The van der Waals surface area contributed by atoms with Gasteiger partial charge in [0.15, 0.2) is 29.6 Å². The number of nitrogens with one attached hydrogen (secondary N) is 3. The third-order valence-electron chi connectivity index (χ3n) is 5.52. The first-order valence-electron chi connectivity index (χ1n) is 11.8. The van der Waals surface area contributed by atoms with Gasteiger partial charge in [0, 0.05) is 16.7 Å². The zero-order valence-corrected chi connectivity index (χ0v) is 24.6. The van der Waals surface area contributed by atoms with Crippen LogP contribution in [0.25, 0.3) is 0 Å². The van der Waals surface area contributed by atoms with Crippen LogP contribution in [0.2, 0.25) is 0 Å². The zero-order valence-electron chi connectivity index (χ0n) is 21.4. The van der Waals surface area contributed by atoms with E-state index in [0.29, 0.717) is 38.7 Å². The fourth-order valence-corrected chi connectivity index (χ4v) is 4.36. The van der Waals surface area contributed by atoms with E-state index >= 15 is 0 Å². The van der Waals surface area contributed by atoms with Crippen LogP contribution in [0.3, 0.4) is 0 Å². The van der Waals surface area contributed by atoms with Crippen molar-refractivity contribution < 1.29 is 33.3 Å². The molecule has 0 bridgehead atoms. The third-order valence-corrected chi connectivity index (χ3v) is 7.00. The summed E-state index contributed by atoms with van der Waals surface area (Å²) < 4.78 is 23.1. The number of nitrogens with zero attached hydrogens (tertiary/aromatic N) is 1. The number of amides is 3. The van der Waals surface area contributed by atoms with Gasteiger partial charge in [-0.1, -0.05) is 22.0 Å². The molecule has 0 radical (unpaired) electrons. The molecule has 4 rings (SSSR count).